The molecule has 2 rings (SSSR count). The van der Waals surface area contributed by atoms with E-state index in [9.17, 15) is 4.79 Å². The molecule has 1 aliphatic heterocycles. The Balaban J connectivity index is 2.07. The fraction of sp³-hybridized carbons (Fsp3) is 0.500. The van der Waals surface area contributed by atoms with Gasteiger partial charge in [-0.2, -0.15) is 0 Å². The van der Waals surface area contributed by atoms with Crippen molar-refractivity contribution in [1.29, 1.82) is 0 Å². The highest BCUT2D eigenvalue weighted by atomic mass is 16.5. The summed E-state index contributed by atoms with van der Waals surface area (Å²) in [5, 5.41) is 2.75. The van der Waals surface area contributed by atoms with Gasteiger partial charge in [0.2, 0.25) is 6.41 Å². The lowest BCUT2D eigenvalue weighted by atomic mass is 10.1. The second-order valence-electron chi connectivity index (χ2n) is 4.56. The van der Waals surface area contributed by atoms with Gasteiger partial charge in [-0.15, -0.1) is 0 Å². The minimum Gasteiger partial charge on any atom is -0.495 e. The lowest BCUT2D eigenvalue weighted by molar-refractivity contribution is -0.105. The molecule has 0 spiro atoms. The zero-order chi connectivity index (χ0) is 12.8. The number of ether oxygens (including phenoxy) is 1. The van der Waals surface area contributed by atoms with Gasteiger partial charge in [-0.1, -0.05) is 12.1 Å². The number of nitrogens with one attached hydrogen (secondary N) is 1. The predicted molar refractivity (Wildman–Crippen MR) is 72.1 cm³/mol. The van der Waals surface area contributed by atoms with Crippen LogP contribution < -0.4 is 10.1 Å². The third kappa shape index (κ3) is 3.01. The van der Waals surface area contributed by atoms with Crippen LogP contribution >= 0.6 is 0 Å². The zero-order valence-corrected chi connectivity index (χ0v) is 10.8. The van der Waals surface area contributed by atoms with Crippen LogP contribution in [0.5, 0.6) is 5.75 Å². The third-order valence-electron chi connectivity index (χ3n) is 3.43. The number of benzene rings is 1. The number of hydrogen-bond donors (Lipinski definition) is 1. The van der Waals surface area contributed by atoms with Crippen molar-refractivity contribution >= 4 is 12.1 Å². The molecule has 1 saturated heterocycles. The molecule has 1 aromatic rings. The number of methoxy groups -OCH3 is 1. The SMILES string of the molecule is COc1cccc(CCN2CCCC2)c1NC=O. The Morgan fingerprint density at radius 2 is 2.17 bits per heavy atom. The molecular weight excluding hydrogens is 228 g/mol. The van der Waals surface area contributed by atoms with Crippen LogP contribution in [-0.4, -0.2) is 38.1 Å². The van der Waals surface area contributed by atoms with Crippen molar-refractivity contribution in [3.63, 3.8) is 0 Å². The number of hydrogen-bond acceptors (Lipinski definition) is 3. The molecule has 0 radical (unpaired) electrons. The summed E-state index contributed by atoms with van der Waals surface area (Å²) >= 11 is 0. The van der Waals surface area contributed by atoms with Crippen LogP contribution in [0.2, 0.25) is 0 Å². The van der Waals surface area contributed by atoms with E-state index in [2.05, 4.69) is 10.2 Å². The van der Waals surface area contributed by atoms with Gasteiger partial charge in [0, 0.05) is 6.54 Å². The molecule has 1 amide bonds. The van der Waals surface area contributed by atoms with Gasteiger partial charge in [0.1, 0.15) is 5.75 Å². The first-order valence-corrected chi connectivity index (χ1v) is 6.43. The van der Waals surface area contributed by atoms with E-state index >= 15 is 0 Å². The van der Waals surface area contributed by atoms with E-state index in [0.717, 1.165) is 30.0 Å². The number of rotatable bonds is 6. The predicted octanol–water partition coefficient (Wildman–Crippen LogP) is 1.90. The maximum absolute atomic E-state index is 10.7. The molecule has 0 aromatic heterocycles. The van der Waals surface area contributed by atoms with Crippen LogP contribution in [0.4, 0.5) is 5.69 Å². The highest BCUT2D eigenvalue weighted by Gasteiger charge is 2.13. The van der Waals surface area contributed by atoms with Gasteiger partial charge in [-0.3, -0.25) is 4.79 Å². The largest absolute Gasteiger partial charge is 0.495 e. The summed E-state index contributed by atoms with van der Waals surface area (Å²) < 4.78 is 5.28. The first kappa shape index (κ1) is 12.9. The van der Waals surface area contributed by atoms with Crippen LogP contribution in [-0.2, 0) is 11.2 Å². The van der Waals surface area contributed by atoms with Crippen LogP contribution in [0.3, 0.4) is 0 Å². The Kier molecular flexibility index (Phi) is 4.59. The van der Waals surface area contributed by atoms with E-state index in [-0.39, 0.29) is 0 Å². The Bertz CT molecular complexity index is 401. The van der Waals surface area contributed by atoms with Crippen molar-refractivity contribution in [2.24, 2.45) is 0 Å². The molecule has 4 heteroatoms. The molecule has 1 aliphatic rings. The fourth-order valence-corrected chi connectivity index (χ4v) is 2.46. The van der Waals surface area contributed by atoms with Crippen LogP contribution in [0, 0.1) is 0 Å². The average molecular weight is 248 g/mol. The maximum Gasteiger partial charge on any atom is 0.211 e. The van der Waals surface area contributed by atoms with E-state index in [0.29, 0.717) is 6.41 Å². The Morgan fingerprint density at radius 3 is 2.83 bits per heavy atom. The number of likely N-dealkylation sites (tertiary alicyclic amines) is 1. The van der Waals surface area contributed by atoms with E-state index in [1.165, 1.54) is 25.9 Å². The molecule has 0 bridgehead atoms. The van der Waals surface area contributed by atoms with Gasteiger partial charge in [0.05, 0.1) is 12.8 Å². The van der Waals surface area contributed by atoms with E-state index in [1.54, 1.807) is 7.11 Å². The molecule has 0 atom stereocenters. The summed E-state index contributed by atoms with van der Waals surface area (Å²) in [6.07, 6.45) is 4.25. The van der Waals surface area contributed by atoms with Crippen molar-refractivity contribution in [2.45, 2.75) is 19.3 Å². The van der Waals surface area contributed by atoms with Crippen LogP contribution in [0.1, 0.15) is 18.4 Å². The molecule has 18 heavy (non-hydrogen) atoms. The van der Waals surface area contributed by atoms with Gasteiger partial charge in [0.25, 0.3) is 0 Å². The highest BCUT2D eigenvalue weighted by Crippen LogP contribution is 2.28. The number of nitrogens with zero attached hydrogens (tertiary/aromatic N) is 1. The van der Waals surface area contributed by atoms with Gasteiger partial charge in [0.15, 0.2) is 0 Å². The minimum atomic E-state index is 0.706. The lowest BCUT2D eigenvalue weighted by Crippen LogP contribution is -2.22. The quantitative estimate of drug-likeness (QED) is 0.782. The summed E-state index contributed by atoms with van der Waals surface area (Å²) in [6.45, 7) is 3.43. The minimum absolute atomic E-state index is 0.706. The average Bonchev–Trinajstić information content (AvgIpc) is 2.91. The first-order valence-electron chi connectivity index (χ1n) is 6.43. The normalized spacial score (nSPS) is 15.6. The standard InChI is InChI=1S/C14H20N2O2/c1-18-13-6-4-5-12(14(13)15-11-17)7-10-16-8-2-3-9-16/h4-6,11H,2-3,7-10H2,1H3,(H,15,17). The molecule has 0 aliphatic carbocycles. The number of para-hydroxylation sites is 1. The molecule has 98 valence electrons. The number of anilines is 1. The third-order valence-corrected chi connectivity index (χ3v) is 3.43. The molecule has 1 fully saturated rings. The molecule has 0 saturated carbocycles. The van der Waals surface area contributed by atoms with Gasteiger partial charge < -0.3 is 15.0 Å². The van der Waals surface area contributed by atoms with E-state index < -0.39 is 0 Å². The van der Waals surface area contributed by atoms with Crippen LogP contribution in [0.15, 0.2) is 18.2 Å². The molecular formula is C14H20N2O2. The van der Waals surface area contributed by atoms with E-state index in [1.807, 2.05) is 18.2 Å². The summed E-state index contributed by atoms with van der Waals surface area (Å²) in [5.41, 5.74) is 1.93. The smallest absolute Gasteiger partial charge is 0.211 e. The number of amides is 1. The summed E-state index contributed by atoms with van der Waals surface area (Å²) in [4.78, 5) is 13.1. The topological polar surface area (TPSA) is 41.6 Å². The Hall–Kier alpha value is -1.55. The maximum atomic E-state index is 10.7. The summed E-state index contributed by atoms with van der Waals surface area (Å²) in [5.74, 6) is 0.723. The lowest BCUT2D eigenvalue weighted by Gasteiger charge is -2.17. The van der Waals surface area contributed by atoms with Crippen molar-refractivity contribution in [3.8, 4) is 5.75 Å². The van der Waals surface area contributed by atoms with E-state index in [4.69, 9.17) is 4.74 Å². The monoisotopic (exact) mass is 248 g/mol. The molecule has 4 nitrogen and oxygen atoms in total. The van der Waals surface area contributed by atoms with Gasteiger partial charge >= 0.3 is 0 Å². The van der Waals surface area contributed by atoms with Crippen molar-refractivity contribution < 1.29 is 9.53 Å². The first-order chi connectivity index (χ1) is 8.85. The van der Waals surface area contributed by atoms with Gasteiger partial charge in [-0.25, -0.2) is 0 Å². The number of carbonyl (C=O) groups is 1. The molecule has 1 heterocycles. The highest BCUT2D eigenvalue weighted by molar-refractivity contribution is 5.78. The Morgan fingerprint density at radius 1 is 1.39 bits per heavy atom. The second kappa shape index (κ2) is 6.40. The van der Waals surface area contributed by atoms with Crippen molar-refractivity contribution in [1.82, 2.24) is 4.90 Å². The summed E-state index contributed by atoms with van der Waals surface area (Å²) in [6, 6.07) is 5.88. The Labute approximate surface area is 108 Å². The summed E-state index contributed by atoms with van der Waals surface area (Å²) in [7, 11) is 1.62. The van der Waals surface area contributed by atoms with Crippen molar-refractivity contribution in [2.75, 3.05) is 32.1 Å². The second-order valence-corrected chi connectivity index (χ2v) is 4.56. The van der Waals surface area contributed by atoms with Crippen LogP contribution in [0.25, 0.3) is 0 Å². The molecule has 1 N–H and O–H groups in total. The zero-order valence-electron chi connectivity index (χ0n) is 10.8. The molecule has 1 aromatic carbocycles. The fourth-order valence-electron chi connectivity index (χ4n) is 2.46. The van der Waals surface area contributed by atoms with Crippen molar-refractivity contribution in [3.05, 3.63) is 23.8 Å². The molecule has 0 unspecified atom stereocenters. The number of carbonyl (C=O) groups excluding carboxylic acids is 1. The van der Waals surface area contributed by atoms with Gasteiger partial charge in [-0.05, 0) is 44.0 Å².